The molecule has 0 spiro atoms. The van der Waals surface area contributed by atoms with Crippen LogP contribution in [0.3, 0.4) is 0 Å². The molecule has 2 rings (SSSR count). The van der Waals surface area contributed by atoms with E-state index in [2.05, 4.69) is 10.3 Å². The van der Waals surface area contributed by atoms with E-state index in [4.69, 9.17) is 10.3 Å². The molecular weight excluding hydrogens is 374 g/mol. The van der Waals surface area contributed by atoms with Crippen LogP contribution in [0.15, 0.2) is 16.9 Å². The molecular formula is C20H31N5O4. The third-order valence-corrected chi connectivity index (χ3v) is 4.66. The molecule has 1 amide bonds. The van der Waals surface area contributed by atoms with E-state index in [0.717, 1.165) is 5.06 Å². The number of rotatable bonds is 6. The summed E-state index contributed by atoms with van der Waals surface area (Å²) in [5.41, 5.74) is 5.75. The quantitative estimate of drug-likeness (QED) is 0.706. The lowest BCUT2D eigenvalue weighted by Gasteiger charge is -2.28. The largest absolute Gasteiger partial charge is 0.364 e. The second-order valence-electron chi connectivity index (χ2n) is 9.23. The maximum Gasteiger partial charge on any atom is 0.272 e. The van der Waals surface area contributed by atoms with E-state index in [9.17, 15) is 14.8 Å². The molecule has 0 aliphatic rings. The molecule has 160 valence electrons. The van der Waals surface area contributed by atoms with Crippen molar-refractivity contribution in [1.82, 2.24) is 14.9 Å². The fourth-order valence-electron chi connectivity index (χ4n) is 3.02. The monoisotopic (exact) mass is 405 g/mol. The Labute approximate surface area is 170 Å². The van der Waals surface area contributed by atoms with E-state index in [-0.39, 0.29) is 16.9 Å². The van der Waals surface area contributed by atoms with E-state index in [1.165, 1.54) is 17.0 Å². The first kappa shape index (κ1) is 22.6. The summed E-state index contributed by atoms with van der Waals surface area (Å²) < 4.78 is 6.24. The number of anilines is 1. The zero-order valence-electron chi connectivity index (χ0n) is 18.2. The van der Waals surface area contributed by atoms with Crippen molar-refractivity contribution in [3.8, 4) is 0 Å². The van der Waals surface area contributed by atoms with Gasteiger partial charge in [0, 0.05) is 11.0 Å². The number of primary amides is 1. The van der Waals surface area contributed by atoms with Crippen LogP contribution in [0.1, 0.15) is 87.8 Å². The van der Waals surface area contributed by atoms with E-state index < -0.39 is 23.3 Å². The zero-order valence-corrected chi connectivity index (χ0v) is 18.2. The van der Waals surface area contributed by atoms with E-state index in [0.29, 0.717) is 24.1 Å². The molecule has 0 bridgehead atoms. The van der Waals surface area contributed by atoms with E-state index in [1.54, 1.807) is 0 Å². The molecule has 0 fully saturated rings. The van der Waals surface area contributed by atoms with Gasteiger partial charge in [0.2, 0.25) is 0 Å². The fraction of sp³-hybridized carbons (Fsp3) is 0.600. The smallest absolute Gasteiger partial charge is 0.272 e. The number of hydroxylamine groups is 1. The van der Waals surface area contributed by atoms with Crippen molar-refractivity contribution < 1.29 is 19.3 Å². The third kappa shape index (κ3) is 4.67. The number of nitrogens with zero attached hydrogens (tertiary/aromatic N) is 4. The molecule has 3 N–H and O–H groups in total. The number of nitrogens with two attached hydrogens (primary N) is 1. The lowest BCUT2D eigenvalue weighted by atomic mass is 9.88. The minimum absolute atomic E-state index is 0.000157. The van der Waals surface area contributed by atoms with Crippen LogP contribution in [0.2, 0.25) is 0 Å². The molecule has 2 heterocycles. The number of amides is 1. The summed E-state index contributed by atoms with van der Waals surface area (Å²) in [5, 5.41) is 19.8. The standard InChI is InChI=1S/C20H31N5O4/c1-8-9-14(25(28)17-12(11-29-23-17)19(2,3)4)18(27)24-15(20(5,6)7)10-13(22-24)16(21)26/h10-11,14,28H,8-9H2,1-7H3,(H2,21,26). The van der Waals surface area contributed by atoms with Gasteiger partial charge in [0.05, 0.1) is 5.69 Å². The average Bonchev–Trinajstić information content (AvgIpc) is 3.24. The summed E-state index contributed by atoms with van der Waals surface area (Å²) in [4.78, 5) is 25.1. The lowest BCUT2D eigenvalue weighted by Crippen LogP contribution is -2.44. The van der Waals surface area contributed by atoms with E-state index in [1.807, 2.05) is 48.5 Å². The summed E-state index contributed by atoms with van der Waals surface area (Å²) in [6, 6.07) is 0.551. The highest BCUT2D eigenvalue weighted by molar-refractivity contribution is 5.93. The second kappa shape index (κ2) is 7.98. The Morgan fingerprint density at radius 2 is 1.86 bits per heavy atom. The van der Waals surface area contributed by atoms with Gasteiger partial charge in [0.25, 0.3) is 11.8 Å². The first-order chi connectivity index (χ1) is 13.3. The highest BCUT2D eigenvalue weighted by Crippen LogP contribution is 2.32. The first-order valence-corrected chi connectivity index (χ1v) is 9.66. The van der Waals surface area contributed by atoms with Crippen molar-refractivity contribution in [2.75, 3.05) is 5.06 Å². The summed E-state index contributed by atoms with van der Waals surface area (Å²) in [5.74, 6) is -1.01. The molecule has 1 atom stereocenters. The van der Waals surface area contributed by atoms with Gasteiger partial charge in [-0.25, -0.2) is 9.75 Å². The zero-order chi connectivity index (χ0) is 22.1. The highest BCUT2D eigenvalue weighted by atomic mass is 16.5. The summed E-state index contributed by atoms with van der Waals surface area (Å²) in [6.07, 6.45) is 2.44. The van der Waals surface area contributed by atoms with Gasteiger partial charge in [-0.15, -0.1) is 0 Å². The number of aromatic nitrogens is 3. The van der Waals surface area contributed by atoms with Crippen molar-refractivity contribution in [3.05, 3.63) is 29.3 Å². The van der Waals surface area contributed by atoms with Gasteiger partial charge in [-0.2, -0.15) is 5.10 Å². The molecule has 0 saturated heterocycles. The molecule has 0 saturated carbocycles. The van der Waals surface area contributed by atoms with Gasteiger partial charge in [-0.3, -0.25) is 14.8 Å². The van der Waals surface area contributed by atoms with Crippen LogP contribution in [-0.4, -0.2) is 38.0 Å². The van der Waals surface area contributed by atoms with Gasteiger partial charge in [0.15, 0.2) is 11.5 Å². The maximum atomic E-state index is 13.4. The van der Waals surface area contributed by atoms with Crippen LogP contribution in [0.5, 0.6) is 0 Å². The molecule has 0 radical (unpaired) electrons. The molecule has 0 aliphatic carbocycles. The number of carbonyl (C=O) groups excluding carboxylic acids is 2. The molecule has 9 nitrogen and oxygen atoms in total. The van der Waals surface area contributed by atoms with E-state index >= 15 is 0 Å². The Bertz CT molecular complexity index is 886. The van der Waals surface area contributed by atoms with Gasteiger partial charge in [-0.05, 0) is 17.9 Å². The summed E-state index contributed by atoms with van der Waals surface area (Å²) in [6.45, 7) is 13.5. The normalized spacial score (nSPS) is 13.4. The molecule has 2 aromatic rings. The van der Waals surface area contributed by atoms with Crippen molar-refractivity contribution in [3.63, 3.8) is 0 Å². The van der Waals surface area contributed by atoms with Crippen molar-refractivity contribution >= 4 is 17.6 Å². The van der Waals surface area contributed by atoms with Crippen LogP contribution in [-0.2, 0) is 10.8 Å². The molecule has 2 aromatic heterocycles. The van der Waals surface area contributed by atoms with Gasteiger partial charge >= 0.3 is 0 Å². The number of hydrogen-bond donors (Lipinski definition) is 2. The minimum Gasteiger partial charge on any atom is -0.364 e. The van der Waals surface area contributed by atoms with Crippen molar-refractivity contribution in [1.29, 1.82) is 0 Å². The first-order valence-electron chi connectivity index (χ1n) is 9.66. The molecule has 0 aliphatic heterocycles. The van der Waals surface area contributed by atoms with Crippen molar-refractivity contribution in [2.45, 2.75) is 78.2 Å². The van der Waals surface area contributed by atoms with Crippen LogP contribution in [0, 0.1) is 0 Å². The SMILES string of the molecule is CCCC(C(=O)n1nc(C(N)=O)cc1C(C)(C)C)N(O)c1nocc1C(C)(C)C. The lowest BCUT2D eigenvalue weighted by molar-refractivity contribution is 0.0772. The van der Waals surface area contributed by atoms with Gasteiger partial charge in [0.1, 0.15) is 12.3 Å². The Balaban J connectivity index is 2.53. The topological polar surface area (TPSA) is 127 Å². The Morgan fingerprint density at radius 1 is 1.24 bits per heavy atom. The van der Waals surface area contributed by atoms with Crippen LogP contribution < -0.4 is 10.8 Å². The molecule has 1 unspecified atom stereocenters. The predicted molar refractivity (Wildman–Crippen MR) is 108 cm³/mol. The molecule has 0 aromatic carbocycles. The predicted octanol–water partition coefficient (Wildman–Crippen LogP) is 3.27. The Kier molecular flexibility index (Phi) is 6.22. The maximum absolute atomic E-state index is 13.4. The van der Waals surface area contributed by atoms with Crippen molar-refractivity contribution in [2.24, 2.45) is 5.73 Å². The molecule has 29 heavy (non-hydrogen) atoms. The number of hydrogen-bond acceptors (Lipinski definition) is 7. The van der Waals surface area contributed by atoms with Gasteiger partial charge < -0.3 is 10.3 Å². The Hall–Kier alpha value is -2.68. The third-order valence-electron chi connectivity index (χ3n) is 4.66. The molecule has 9 heteroatoms. The van der Waals surface area contributed by atoms with Crippen LogP contribution in [0.25, 0.3) is 0 Å². The average molecular weight is 405 g/mol. The summed E-state index contributed by atoms with van der Waals surface area (Å²) >= 11 is 0. The second-order valence-corrected chi connectivity index (χ2v) is 9.23. The summed E-state index contributed by atoms with van der Waals surface area (Å²) in [7, 11) is 0. The Morgan fingerprint density at radius 3 is 2.34 bits per heavy atom. The van der Waals surface area contributed by atoms with Gasteiger partial charge in [-0.1, -0.05) is 60.0 Å². The minimum atomic E-state index is -0.965. The van der Waals surface area contributed by atoms with Crippen LogP contribution in [0.4, 0.5) is 5.82 Å². The number of carbonyl (C=O) groups is 2. The fourth-order valence-corrected chi connectivity index (χ4v) is 3.02. The van der Waals surface area contributed by atoms with Crippen LogP contribution >= 0.6 is 0 Å². The highest BCUT2D eigenvalue weighted by Gasteiger charge is 2.35.